The van der Waals surface area contributed by atoms with Gasteiger partial charge < -0.3 is 20.1 Å². The summed E-state index contributed by atoms with van der Waals surface area (Å²) in [6, 6.07) is 18.9. The Morgan fingerprint density at radius 3 is 2.45 bits per heavy atom. The van der Waals surface area contributed by atoms with E-state index in [9.17, 15) is 4.79 Å². The van der Waals surface area contributed by atoms with Crippen molar-refractivity contribution < 1.29 is 14.3 Å². The standard InChI is InChI=1S/C22H24N4O3/c1-16-25-20(14-21(26-16)24-15-17-6-4-3-5-7-17)22(27)23-12-13-29-19-10-8-18(28-2)9-11-19/h3-11,14H,12-13,15H2,1-2H3,(H,23,27)(H,24,25,26). The summed E-state index contributed by atoms with van der Waals surface area (Å²) in [5.74, 6) is 2.35. The summed E-state index contributed by atoms with van der Waals surface area (Å²) in [6.07, 6.45) is 0. The highest BCUT2D eigenvalue weighted by Gasteiger charge is 2.10. The molecule has 1 heterocycles. The van der Waals surface area contributed by atoms with Gasteiger partial charge in [-0.2, -0.15) is 0 Å². The van der Waals surface area contributed by atoms with E-state index in [1.807, 2.05) is 54.6 Å². The number of benzene rings is 2. The summed E-state index contributed by atoms with van der Waals surface area (Å²) >= 11 is 0. The highest BCUT2D eigenvalue weighted by Crippen LogP contribution is 2.16. The molecule has 0 bridgehead atoms. The van der Waals surface area contributed by atoms with Gasteiger partial charge in [0.1, 0.15) is 35.4 Å². The number of aryl methyl sites for hydroxylation is 1. The van der Waals surface area contributed by atoms with Crippen LogP contribution in [0.4, 0.5) is 5.82 Å². The van der Waals surface area contributed by atoms with Gasteiger partial charge in [0, 0.05) is 12.6 Å². The van der Waals surface area contributed by atoms with Crippen molar-refractivity contribution in [2.75, 3.05) is 25.6 Å². The molecule has 0 fully saturated rings. The normalized spacial score (nSPS) is 10.3. The number of methoxy groups -OCH3 is 1. The van der Waals surface area contributed by atoms with Gasteiger partial charge in [-0.1, -0.05) is 30.3 Å². The van der Waals surface area contributed by atoms with Crippen molar-refractivity contribution in [2.45, 2.75) is 13.5 Å². The van der Waals surface area contributed by atoms with Crippen LogP contribution in [0.3, 0.4) is 0 Å². The number of nitrogens with zero attached hydrogens (tertiary/aromatic N) is 2. The lowest BCUT2D eigenvalue weighted by Crippen LogP contribution is -2.29. The van der Waals surface area contributed by atoms with E-state index in [1.165, 1.54) is 0 Å². The van der Waals surface area contributed by atoms with E-state index in [0.29, 0.717) is 42.8 Å². The number of aromatic nitrogens is 2. The van der Waals surface area contributed by atoms with Gasteiger partial charge >= 0.3 is 0 Å². The lowest BCUT2D eigenvalue weighted by molar-refractivity contribution is 0.0941. The molecule has 0 saturated heterocycles. The molecule has 1 amide bonds. The first kappa shape index (κ1) is 20.1. The minimum absolute atomic E-state index is 0.267. The third-order valence-electron chi connectivity index (χ3n) is 4.10. The summed E-state index contributed by atoms with van der Waals surface area (Å²) < 4.78 is 10.7. The Balaban J connectivity index is 1.49. The Hall–Kier alpha value is -3.61. The molecule has 7 heteroatoms. The van der Waals surface area contributed by atoms with E-state index < -0.39 is 0 Å². The van der Waals surface area contributed by atoms with Crippen LogP contribution >= 0.6 is 0 Å². The van der Waals surface area contributed by atoms with Gasteiger partial charge in [-0.3, -0.25) is 4.79 Å². The number of hydrogen-bond donors (Lipinski definition) is 2. The van der Waals surface area contributed by atoms with Crippen molar-refractivity contribution in [3.05, 3.63) is 77.7 Å². The van der Waals surface area contributed by atoms with E-state index in [1.54, 1.807) is 20.1 Å². The van der Waals surface area contributed by atoms with Crippen molar-refractivity contribution in [1.29, 1.82) is 0 Å². The van der Waals surface area contributed by atoms with Crippen LogP contribution in [-0.2, 0) is 6.54 Å². The number of hydrogen-bond acceptors (Lipinski definition) is 6. The maximum Gasteiger partial charge on any atom is 0.270 e. The van der Waals surface area contributed by atoms with Crippen molar-refractivity contribution >= 4 is 11.7 Å². The molecule has 2 N–H and O–H groups in total. The summed E-state index contributed by atoms with van der Waals surface area (Å²) in [5, 5.41) is 6.04. The molecule has 0 saturated carbocycles. The maximum absolute atomic E-state index is 12.4. The topological polar surface area (TPSA) is 85.4 Å². The van der Waals surface area contributed by atoms with Crippen LogP contribution in [0.5, 0.6) is 11.5 Å². The van der Waals surface area contributed by atoms with Crippen LogP contribution in [-0.4, -0.2) is 36.1 Å². The highest BCUT2D eigenvalue weighted by molar-refractivity contribution is 5.92. The van der Waals surface area contributed by atoms with Crippen LogP contribution < -0.4 is 20.1 Å². The van der Waals surface area contributed by atoms with Crippen molar-refractivity contribution in [3.8, 4) is 11.5 Å². The molecule has 3 aromatic rings. The fourth-order valence-corrected chi connectivity index (χ4v) is 2.66. The first-order chi connectivity index (χ1) is 14.1. The van der Waals surface area contributed by atoms with Gasteiger partial charge in [-0.15, -0.1) is 0 Å². The number of anilines is 1. The van der Waals surface area contributed by atoms with Gasteiger partial charge in [0.15, 0.2) is 0 Å². The van der Waals surface area contributed by atoms with E-state index in [-0.39, 0.29) is 5.91 Å². The highest BCUT2D eigenvalue weighted by atomic mass is 16.5. The molecular formula is C22H24N4O3. The van der Waals surface area contributed by atoms with Gasteiger partial charge in [0.05, 0.1) is 13.7 Å². The lowest BCUT2D eigenvalue weighted by Gasteiger charge is -2.10. The maximum atomic E-state index is 12.4. The number of ether oxygens (including phenoxy) is 2. The Bertz CT molecular complexity index is 931. The molecule has 0 unspecified atom stereocenters. The summed E-state index contributed by atoms with van der Waals surface area (Å²) in [4.78, 5) is 21.0. The van der Waals surface area contributed by atoms with Gasteiger partial charge in [0.2, 0.25) is 0 Å². The van der Waals surface area contributed by atoms with E-state index >= 15 is 0 Å². The molecule has 0 radical (unpaired) electrons. The average Bonchev–Trinajstić information content (AvgIpc) is 2.76. The first-order valence-corrected chi connectivity index (χ1v) is 9.32. The van der Waals surface area contributed by atoms with Crippen molar-refractivity contribution in [3.63, 3.8) is 0 Å². The largest absolute Gasteiger partial charge is 0.497 e. The molecule has 3 rings (SSSR count). The number of amides is 1. The Morgan fingerprint density at radius 1 is 1.00 bits per heavy atom. The van der Waals surface area contributed by atoms with E-state index in [0.717, 1.165) is 11.3 Å². The van der Waals surface area contributed by atoms with Crippen LogP contribution in [0.1, 0.15) is 21.9 Å². The minimum Gasteiger partial charge on any atom is -0.497 e. The van der Waals surface area contributed by atoms with Crippen LogP contribution in [0, 0.1) is 6.92 Å². The fourth-order valence-electron chi connectivity index (χ4n) is 2.66. The van der Waals surface area contributed by atoms with Gasteiger partial charge in [-0.25, -0.2) is 9.97 Å². The zero-order chi connectivity index (χ0) is 20.5. The lowest BCUT2D eigenvalue weighted by atomic mass is 10.2. The quantitative estimate of drug-likeness (QED) is 0.544. The predicted molar refractivity (Wildman–Crippen MR) is 111 cm³/mol. The number of carbonyl (C=O) groups is 1. The molecule has 0 spiro atoms. The Labute approximate surface area is 170 Å². The van der Waals surface area contributed by atoms with E-state index in [4.69, 9.17) is 9.47 Å². The zero-order valence-electron chi connectivity index (χ0n) is 16.5. The summed E-state index contributed by atoms with van der Waals surface area (Å²) in [6.45, 7) is 3.09. The first-order valence-electron chi connectivity index (χ1n) is 9.32. The van der Waals surface area contributed by atoms with Gasteiger partial charge in [-0.05, 0) is 36.8 Å². The Kier molecular flexibility index (Phi) is 7.00. The van der Waals surface area contributed by atoms with Gasteiger partial charge in [0.25, 0.3) is 5.91 Å². The molecule has 0 aliphatic carbocycles. The molecule has 150 valence electrons. The monoisotopic (exact) mass is 392 g/mol. The Morgan fingerprint density at radius 2 is 1.72 bits per heavy atom. The molecule has 2 aromatic carbocycles. The van der Waals surface area contributed by atoms with Crippen LogP contribution in [0.15, 0.2) is 60.7 Å². The van der Waals surface area contributed by atoms with Crippen LogP contribution in [0.25, 0.3) is 0 Å². The second kappa shape index (κ2) is 10.1. The molecule has 0 aliphatic rings. The third-order valence-corrected chi connectivity index (χ3v) is 4.10. The summed E-state index contributed by atoms with van der Waals surface area (Å²) in [7, 11) is 1.61. The second-order valence-corrected chi connectivity index (χ2v) is 6.30. The van der Waals surface area contributed by atoms with Crippen molar-refractivity contribution in [1.82, 2.24) is 15.3 Å². The SMILES string of the molecule is COc1ccc(OCCNC(=O)c2cc(NCc3ccccc3)nc(C)n2)cc1. The molecule has 29 heavy (non-hydrogen) atoms. The predicted octanol–water partition coefficient (Wildman–Crippen LogP) is 3.21. The molecular weight excluding hydrogens is 368 g/mol. The average molecular weight is 392 g/mol. The number of rotatable bonds is 9. The summed E-state index contributed by atoms with van der Waals surface area (Å²) in [5.41, 5.74) is 1.45. The van der Waals surface area contributed by atoms with E-state index in [2.05, 4.69) is 20.6 Å². The fraction of sp³-hybridized carbons (Fsp3) is 0.227. The molecule has 1 aromatic heterocycles. The smallest absolute Gasteiger partial charge is 0.270 e. The molecule has 7 nitrogen and oxygen atoms in total. The molecule has 0 atom stereocenters. The third kappa shape index (κ3) is 6.21. The zero-order valence-corrected chi connectivity index (χ0v) is 16.5. The molecule has 0 aliphatic heterocycles. The minimum atomic E-state index is -0.267. The number of carbonyl (C=O) groups excluding carboxylic acids is 1. The van der Waals surface area contributed by atoms with Crippen molar-refractivity contribution in [2.24, 2.45) is 0 Å². The second-order valence-electron chi connectivity index (χ2n) is 6.30. The number of nitrogens with one attached hydrogen (secondary N) is 2. The van der Waals surface area contributed by atoms with Crippen LogP contribution in [0.2, 0.25) is 0 Å².